The first kappa shape index (κ1) is 20.8. The highest BCUT2D eigenvalue weighted by molar-refractivity contribution is 7.58. The van der Waals surface area contributed by atoms with E-state index in [1.807, 2.05) is 0 Å². The molecule has 1 atom stereocenters. The first-order chi connectivity index (χ1) is 12.7. The van der Waals surface area contributed by atoms with Gasteiger partial charge in [0, 0.05) is 37.7 Å². The van der Waals surface area contributed by atoms with Gasteiger partial charge >= 0.3 is 13.6 Å². The lowest BCUT2D eigenvalue weighted by Crippen LogP contribution is -2.29. The Morgan fingerprint density at radius 2 is 1.81 bits per heavy atom. The molecule has 1 heterocycles. The Kier molecular flexibility index (Phi) is 6.20. The van der Waals surface area contributed by atoms with E-state index in [1.165, 1.54) is 39.5 Å². The van der Waals surface area contributed by atoms with Gasteiger partial charge in [-0.05, 0) is 19.4 Å². The average molecular weight is 396 g/mol. The minimum atomic E-state index is -3.78. The van der Waals surface area contributed by atoms with Gasteiger partial charge in [0.2, 0.25) is 0 Å². The molecule has 1 N–H and O–H groups in total. The number of hydrogen-bond donors (Lipinski definition) is 1. The van der Waals surface area contributed by atoms with E-state index in [0.29, 0.717) is 17.0 Å². The van der Waals surface area contributed by atoms with Crippen molar-refractivity contribution >= 4 is 19.3 Å². The third-order valence-electron chi connectivity index (χ3n) is 4.32. The minimum Gasteiger partial charge on any atom is -0.466 e. The molecular formula is C17H21N2O7P. The molecule has 0 bridgehead atoms. The third kappa shape index (κ3) is 3.80. The SMILES string of the molecule is COC(=O)C1=C(C)NC(C)=C(P(=O)(OC)OC)C1c1cccc([N+](=O)[O-])c1. The Hall–Kier alpha value is -2.48. The van der Waals surface area contributed by atoms with Gasteiger partial charge in [0.05, 0.1) is 28.8 Å². The monoisotopic (exact) mass is 396 g/mol. The van der Waals surface area contributed by atoms with Crippen LogP contribution in [0, 0.1) is 10.1 Å². The van der Waals surface area contributed by atoms with Crippen molar-refractivity contribution in [3.05, 3.63) is 62.2 Å². The molecule has 1 unspecified atom stereocenters. The summed E-state index contributed by atoms with van der Waals surface area (Å²) in [7, 11) is -0.0871. The summed E-state index contributed by atoms with van der Waals surface area (Å²) in [5, 5.41) is 14.4. The highest BCUT2D eigenvalue weighted by Gasteiger charge is 2.44. The number of carbonyl (C=O) groups is 1. The Labute approximate surface area is 156 Å². The van der Waals surface area contributed by atoms with Crippen LogP contribution in [0.5, 0.6) is 0 Å². The maximum Gasteiger partial charge on any atom is 0.359 e. The zero-order valence-electron chi connectivity index (χ0n) is 15.6. The van der Waals surface area contributed by atoms with Crippen molar-refractivity contribution in [3.63, 3.8) is 0 Å². The molecule has 1 aromatic carbocycles. The minimum absolute atomic E-state index is 0.158. The average Bonchev–Trinajstić information content (AvgIpc) is 2.66. The van der Waals surface area contributed by atoms with Crippen molar-refractivity contribution in [2.24, 2.45) is 0 Å². The van der Waals surface area contributed by atoms with Crippen LogP contribution in [0.3, 0.4) is 0 Å². The second-order valence-electron chi connectivity index (χ2n) is 5.81. The lowest BCUT2D eigenvalue weighted by Gasteiger charge is -2.33. The van der Waals surface area contributed by atoms with Crippen LogP contribution in [-0.2, 0) is 23.1 Å². The number of methoxy groups -OCH3 is 1. The number of nitrogens with one attached hydrogen (secondary N) is 1. The molecule has 27 heavy (non-hydrogen) atoms. The van der Waals surface area contributed by atoms with E-state index in [1.54, 1.807) is 19.9 Å². The summed E-state index contributed by atoms with van der Waals surface area (Å²) in [5.41, 5.74) is 1.37. The van der Waals surface area contributed by atoms with E-state index in [0.717, 1.165) is 0 Å². The van der Waals surface area contributed by atoms with Crippen molar-refractivity contribution < 1.29 is 28.1 Å². The summed E-state index contributed by atoms with van der Waals surface area (Å²) in [6.45, 7) is 3.34. The van der Waals surface area contributed by atoms with Crippen LogP contribution in [-0.4, -0.2) is 32.2 Å². The molecule has 1 aliphatic rings. The van der Waals surface area contributed by atoms with Gasteiger partial charge in [-0.15, -0.1) is 0 Å². The maximum absolute atomic E-state index is 13.2. The van der Waals surface area contributed by atoms with Crippen LogP contribution in [0.25, 0.3) is 0 Å². The number of non-ortho nitro benzene ring substituents is 1. The predicted octanol–water partition coefficient (Wildman–Crippen LogP) is 3.45. The van der Waals surface area contributed by atoms with Crippen LogP contribution in [0.15, 0.2) is 46.5 Å². The van der Waals surface area contributed by atoms with Gasteiger partial charge in [0.1, 0.15) is 0 Å². The zero-order valence-corrected chi connectivity index (χ0v) is 16.5. The fourth-order valence-corrected chi connectivity index (χ4v) is 4.74. The summed E-state index contributed by atoms with van der Waals surface area (Å²) in [5.74, 6) is -1.55. The number of allylic oxidation sites excluding steroid dienone is 3. The molecule has 0 saturated carbocycles. The van der Waals surface area contributed by atoms with Gasteiger partial charge < -0.3 is 19.1 Å². The van der Waals surface area contributed by atoms with Gasteiger partial charge in [-0.3, -0.25) is 14.7 Å². The number of ether oxygens (including phenoxy) is 1. The second kappa shape index (κ2) is 8.04. The van der Waals surface area contributed by atoms with Crippen LogP contribution in [0.4, 0.5) is 5.69 Å². The van der Waals surface area contributed by atoms with Crippen LogP contribution in [0.2, 0.25) is 0 Å². The molecule has 0 spiro atoms. The van der Waals surface area contributed by atoms with Gasteiger partial charge in [-0.1, -0.05) is 12.1 Å². The van der Waals surface area contributed by atoms with E-state index in [-0.39, 0.29) is 16.6 Å². The summed E-state index contributed by atoms with van der Waals surface area (Å²) in [6, 6.07) is 5.77. The molecule has 1 aromatic rings. The summed E-state index contributed by atoms with van der Waals surface area (Å²) < 4.78 is 28.4. The Morgan fingerprint density at radius 1 is 1.19 bits per heavy atom. The number of hydrogen-bond acceptors (Lipinski definition) is 8. The molecule has 9 nitrogen and oxygen atoms in total. The Balaban J connectivity index is 2.81. The smallest absolute Gasteiger partial charge is 0.359 e. The highest BCUT2D eigenvalue weighted by Crippen LogP contribution is 2.63. The van der Waals surface area contributed by atoms with E-state index >= 15 is 0 Å². The Bertz CT molecular complexity index is 883. The standard InChI is InChI=1S/C17H21N2O7P/c1-10-14(17(20)24-3)15(12-7-6-8-13(9-12)19(21)22)16(11(2)18-10)27(23,25-4)26-5/h6-9,15,18H,1-5H3. The zero-order chi connectivity index (χ0) is 20.4. The van der Waals surface area contributed by atoms with Crippen molar-refractivity contribution in [2.75, 3.05) is 21.3 Å². The number of benzene rings is 1. The van der Waals surface area contributed by atoms with Gasteiger partial charge in [0.25, 0.3) is 5.69 Å². The molecule has 0 aromatic heterocycles. The molecule has 146 valence electrons. The lowest BCUT2D eigenvalue weighted by molar-refractivity contribution is -0.384. The number of rotatable bonds is 6. The number of nitro groups is 1. The number of carbonyl (C=O) groups excluding carboxylic acids is 1. The summed E-state index contributed by atoms with van der Waals surface area (Å²) >= 11 is 0. The number of dihydropyridines is 1. The largest absolute Gasteiger partial charge is 0.466 e. The predicted molar refractivity (Wildman–Crippen MR) is 98.0 cm³/mol. The maximum atomic E-state index is 13.2. The van der Waals surface area contributed by atoms with Crippen molar-refractivity contribution in [3.8, 4) is 0 Å². The van der Waals surface area contributed by atoms with Crippen molar-refractivity contribution in [1.82, 2.24) is 5.32 Å². The number of nitrogens with zero attached hydrogens (tertiary/aromatic N) is 1. The molecule has 1 aliphatic heterocycles. The molecule has 10 heteroatoms. The van der Waals surface area contributed by atoms with Gasteiger partial charge in [0.15, 0.2) is 0 Å². The fourth-order valence-electron chi connectivity index (χ4n) is 3.14. The van der Waals surface area contributed by atoms with Crippen molar-refractivity contribution in [1.29, 1.82) is 0 Å². The van der Waals surface area contributed by atoms with Gasteiger partial charge in [-0.2, -0.15) is 0 Å². The number of esters is 1. The third-order valence-corrected chi connectivity index (χ3v) is 6.47. The Morgan fingerprint density at radius 3 is 2.33 bits per heavy atom. The molecule has 0 fully saturated rings. The molecule has 0 radical (unpaired) electrons. The summed E-state index contributed by atoms with van der Waals surface area (Å²) in [4.78, 5) is 23.1. The first-order valence-corrected chi connectivity index (χ1v) is 9.47. The molecule has 0 aliphatic carbocycles. The van der Waals surface area contributed by atoms with Crippen LogP contribution < -0.4 is 5.32 Å². The van der Waals surface area contributed by atoms with E-state index in [2.05, 4.69) is 5.32 Å². The topological polar surface area (TPSA) is 117 Å². The van der Waals surface area contributed by atoms with Crippen LogP contribution >= 0.6 is 7.60 Å². The molecular weight excluding hydrogens is 375 g/mol. The van der Waals surface area contributed by atoms with E-state index < -0.39 is 24.4 Å². The van der Waals surface area contributed by atoms with Crippen molar-refractivity contribution in [2.45, 2.75) is 19.8 Å². The fraction of sp³-hybridized carbons (Fsp3) is 0.353. The normalized spacial score (nSPS) is 17.6. The van der Waals surface area contributed by atoms with E-state index in [4.69, 9.17) is 13.8 Å². The lowest BCUT2D eigenvalue weighted by atomic mass is 9.86. The first-order valence-electron chi connectivity index (χ1n) is 7.93. The molecule has 0 saturated heterocycles. The van der Waals surface area contributed by atoms with Gasteiger partial charge in [-0.25, -0.2) is 4.79 Å². The second-order valence-corrected chi connectivity index (χ2v) is 8.02. The number of nitro benzene ring substituents is 1. The highest BCUT2D eigenvalue weighted by atomic mass is 31.2. The molecule has 0 amide bonds. The van der Waals surface area contributed by atoms with E-state index in [9.17, 15) is 19.5 Å². The summed E-state index contributed by atoms with van der Waals surface area (Å²) in [6.07, 6.45) is 0. The quantitative estimate of drug-likeness (QED) is 0.336. The molecule has 2 rings (SSSR count). The van der Waals surface area contributed by atoms with Crippen LogP contribution in [0.1, 0.15) is 25.3 Å².